The van der Waals surface area contributed by atoms with Crippen LogP contribution in [0.4, 0.5) is 8.78 Å². The van der Waals surface area contributed by atoms with Crippen LogP contribution >= 0.6 is 11.8 Å². The summed E-state index contributed by atoms with van der Waals surface area (Å²) < 4.78 is 26.0. The van der Waals surface area contributed by atoms with Gasteiger partial charge in [0.2, 0.25) is 5.91 Å². The average molecular weight is 303 g/mol. The SMILES string of the molecule is CCC(CNC(=O)CSc1ccc(F)cc1F)C(=O)O. The number of thioether (sulfide) groups is 1. The second-order valence-corrected chi connectivity index (χ2v) is 5.13. The van der Waals surface area contributed by atoms with Crippen LogP contribution in [0, 0.1) is 17.6 Å². The molecule has 110 valence electrons. The fourth-order valence-electron chi connectivity index (χ4n) is 1.43. The molecule has 0 aliphatic heterocycles. The Balaban J connectivity index is 2.41. The van der Waals surface area contributed by atoms with Gasteiger partial charge in [0, 0.05) is 17.5 Å². The maximum Gasteiger partial charge on any atom is 0.308 e. The summed E-state index contributed by atoms with van der Waals surface area (Å²) in [5, 5.41) is 11.3. The van der Waals surface area contributed by atoms with Crippen LogP contribution in [0.2, 0.25) is 0 Å². The number of aliphatic carboxylic acids is 1. The summed E-state index contributed by atoms with van der Waals surface area (Å²) in [6, 6.07) is 3.12. The van der Waals surface area contributed by atoms with Gasteiger partial charge >= 0.3 is 5.97 Å². The Kier molecular flexibility index (Phi) is 6.44. The van der Waals surface area contributed by atoms with Gasteiger partial charge in [-0.25, -0.2) is 8.78 Å². The van der Waals surface area contributed by atoms with Crippen molar-refractivity contribution in [2.75, 3.05) is 12.3 Å². The zero-order valence-electron chi connectivity index (χ0n) is 10.9. The lowest BCUT2D eigenvalue weighted by Crippen LogP contribution is -2.33. The van der Waals surface area contributed by atoms with Crippen LogP contribution in [0.3, 0.4) is 0 Å². The van der Waals surface area contributed by atoms with E-state index in [-0.39, 0.29) is 17.2 Å². The minimum atomic E-state index is -0.968. The summed E-state index contributed by atoms with van der Waals surface area (Å²) in [6.07, 6.45) is 0.412. The van der Waals surface area contributed by atoms with Gasteiger partial charge < -0.3 is 10.4 Å². The van der Waals surface area contributed by atoms with E-state index < -0.39 is 29.4 Å². The summed E-state index contributed by atoms with van der Waals surface area (Å²) >= 11 is 0.930. The molecule has 0 spiro atoms. The van der Waals surface area contributed by atoms with E-state index in [4.69, 9.17) is 5.11 Å². The summed E-state index contributed by atoms with van der Waals surface area (Å²) in [5.74, 6) is -3.45. The third kappa shape index (κ3) is 5.16. The van der Waals surface area contributed by atoms with E-state index in [9.17, 15) is 18.4 Å². The maximum atomic E-state index is 13.3. The number of nitrogens with one attached hydrogen (secondary N) is 1. The Bertz CT molecular complexity index is 497. The van der Waals surface area contributed by atoms with Gasteiger partial charge in [0.1, 0.15) is 11.6 Å². The minimum absolute atomic E-state index is 0.0388. The molecule has 0 fully saturated rings. The van der Waals surface area contributed by atoms with Crippen molar-refractivity contribution in [3.05, 3.63) is 29.8 Å². The van der Waals surface area contributed by atoms with Gasteiger partial charge in [-0.05, 0) is 18.6 Å². The number of carbonyl (C=O) groups is 2. The van der Waals surface area contributed by atoms with Gasteiger partial charge in [-0.1, -0.05) is 6.92 Å². The van der Waals surface area contributed by atoms with Crippen LogP contribution in [0.15, 0.2) is 23.1 Å². The quantitative estimate of drug-likeness (QED) is 0.758. The molecule has 1 unspecified atom stereocenters. The van der Waals surface area contributed by atoms with Crippen molar-refractivity contribution in [1.29, 1.82) is 0 Å². The van der Waals surface area contributed by atoms with Crippen molar-refractivity contribution in [3.8, 4) is 0 Å². The molecule has 0 heterocycles. The second-order valence-electron chi connectivity index (χ2n) is 4.11. The lowest BCUT2D eigenvalue weighted by Gasteiger charge is -2.11. The van der Waals surface area contributed by atoms with E-state index in [0.29, 0.717) is 6.42 Å². The second kappa shape index (κ2) is 7.84. The molecule has 0 aromatic heterocycles. The normalized spacial score (nSPS) is 11.9. The number of carboxylic acid groups (broad SMARTS) is 1. The number of halogens is 2. The van der Waals surface area contributed by atoms with Gasteiger partial charge in [-0.3, -0.25) is 9.59 Å². The van der Waals surface area contributed by atoms with Crippen LogP contribution < -0.4 is 5.32 Å². The third-order valence-electron chi connectivity index (χ3n) is 2.64. The average Bonchev–Trinajstić information content (AvgIpc) is 2.38. The molecule has 4 nitrogen and oxygen atoms in total. The Labute approximate surface area is 119 Å². The van der Waals surface area contributed by atoms with Crippen LogP contribution in [-0.2, 0) is 9.59 Å². The summed E-state index contributed by atoms with van der Waals surface area (Å²) in [5.41, 5.74) is 0. The summed E-state index contributed by atoms with van der Waals surface area (Å²) in [4.78, 5) is 22.4. The first-order chi connectivity index (χ1) is 9.43. The standard InChI is InChI=1S/C13H15F2NO3S/c1-2-8(13(18)19)6-16-12(17)7-20-11-4-3-9(14)5-10(11)15/h3-5,8H,2,6-7H2,1H3,(H,16,17)(H,18,19). The summed E-state index contributed by atoms with van der Waals surface area (Å²) in [6.45, 7) is 1.75. The molecule has 0 aliphatic rings. The molecule has 1 amide bonds. The number of hydrogen-bond acceptors (Lipinski definition) is 3. The zero-order chi connectivity index (χ0) is 15.1. The maximum absolute atomic E-state index is 13.3. The summed E-state index contributed by atoms with van der Waals surface area (Å²) in [7, 11) is 0. The van der Waals surface area contributed by atoms with Gasteiger partial charge in [-0.2, -0.15) is 0 Å². The van der Waals surface area contributed by atoms with Gasteiger partial charge in [0.25, 0.3) is 0 Å². The first kappa shape index (κ1) is 16.4. The molecule has 1 aromatic rings. The van der Waals surface area contributed by atoms with Gasteiger partial charge in [0.15, 0.2) is 0 Å². The third-order valence-corrected chi connectivity index (χ3v) is 3.69. The largest absolute Gasteiger partial charge is 0.481 e. The minimum Gasteiger partial charge on any atom is -0.481 e. The van der Waals surface area contributed by atoms with E-state index in [1.54, 1.807) is 6.92 Å². The first-order valence-electron chi connectivity index (χ1n) is 6.01. The predicted octanol–water partition coefficient (Wildman–Crippen LogP) is 2.28. The monoisotopic (exact) mass is 303 g/mol. The lowest BCUT2D eigenvalue weighted by molar-refractivity contribution is -0.141. The highest BCUT2D eigenvalue weighted by atomic mass is 32.2. The smallest absolute Gasteiger partial charge is 0.308 e. The number of hydrogen-bond donors (Lipinski definition) is 2. The molecular weight excluding hydrogens is 288 g/mol. The Morgan fingerprint density at radius 1 is 1.40 bits per heavy atom. The van der Waals surface area contributed by atoms with Crippen LogP contribution in [-0.4, -0.2) is 29.3 Å². The van der Waals surface area contributed by atoms with Crippen molar-refractivity contribution in [2.24, 2.45) is 5.92 Å². The van der Waals surface area contributed by atoms with Crippen molar-refractivity contribution in [2.45, 2.75) is 18.2 Å². The molecule has 1 rings (SSSR count). The highest BCUT2D eigenvalue weighted by Crippen LogP contribution is 2.21. The molecule has 2 N–H and O–H groups in total. The first-order valence-corrected chi connectivity index (χ1v) is 7.00. The Morgan fingerprint density at radius 2 is 2.10 bits per heavy atom. The molecule has 20 heavy (non-hydrogen) atoms. The zero-order valence-corrected chi connectivity index (χ0v) is 11.7. The van der Waals surface area contributed by atoms with Crippen LogP contribution in [0.25, 0.3) is 0 Å². The van der Waals surface area contributed by atoms with E-state index in [2.05, 4.69) is 5.32 Å². The number of amides is 1. The molecular formula is C13H15F2NO3S. The molecule has 1 aromatic carbocycles. The van der Waals surface area contributed by atoms with E-state index >= 15 is 0 Å². The lowest BCUT2D eigenvalue weighted by atomic mass is 10.1. The number of carbonyl (C=O) groups excluding carboxylic acids is 1. The molecule has 0 saturated carbocycles. The molecule has 0 radical (unpaired) electrons. The fourth-order valence-corrected chi connectivity index (χ4v) is 2.18. The molecule has 1 atom stereocenters. The van der Waals surface area contributed by atoms with Crippen molar-refractivity contribution >= 4 is 23.6 Å². The van der Waals surface area contributed by atoms with Crippen LogP contribution in [0.1, 0.15) is 13.3 Å². The molecule has 0 bridgehead atoms. The Morgan fingerprint density at radius 3 is 2.65 bits per heavy atom. The van der Waals surface area contributed by atoms with E-state index in [1.165, 1.54) is 6.07 Å². The van der Waals surface area contributed by atoms with Crippen molar-refractivity contribution < 1.29 is 23.5 Å². The molecule has 0 aliphatic carbocycles. The molecule has 0 saturated heterocycles. The number of carboxylic acids is 1. The van der Waals surface area contributed by atoms with Crippen molar-refractivity contribution in [3.63, 3.8) is 0 Å². The van der Waals surface area contributed by atoms with E-state index in [1.807, 2.05) is 0 Å². The highest BCUT2D eigenvalue weighted by molar-refractivity contribution is 8.00. The highest BCUT2D eigenvalue weighted by Gasteiger charge is 2.16. The number of rotatable bonds is 7. The fraction of sp³-hybridized carbons (Fsp3) is 0.385. The Hall–Kier alpha value is -1.63. The predicted molar refractivity (Wildman–Crippen MR) is 71.5 cm³/mol. The van der Waals surface area contributed by atoms with Crippen molar-refractivity contribution in [1.82, 2.24) is 5.32 Å². The van der Waals surface area contributed by atoms with Gasteiger partial charge in [0.05, 0.1) is 11.7 Å². The van der Waals surface area contributed by atoms with Crippen LogP contribution in [0.5, 0.6) is 0 Å². The van der Waals surface area contributed by atoms with E-state index in [0.717, 1.165) is 23.9 Å². The molecule has 7 heteroatoms. The number of benzene rings is 1. The topological polar surface area (TPSA) is 66.4 Å². The van der Waals surface area contributed by atoms with Gasteiger partial charge in [-0.15, -0.1) is 11.8 Å².